The third-order valence-corrected chi connectivity index (χ3v) is 2.67. The molecule has 1 amide bonds. The van der Waals surface area contributed by atoms with Gasteiger partial charge in [-0.3, -0.25) is 4.79 Å². The SMILES string of the molecule is CC(=O)Nc1ccccc1Oc1ccc(N)c(C)c1. The summed E-state index contributed by atoms with van der Waals surface area (Å²) >= 11 is 0. The lowest BCUT2D eigenvalue weighted by Crippen LogP contribution is -2.06. The second-order valence-electron chi connectivity index (χ2n) is 4.30. The minimum Gasteiger partial charge on any atom is -0.455 e. The van der Waals surface area contributed by atoms with Crippen LogP contribution < -0.4 is 15.8 Å². The zero-order valence-corrected chi connectivity index (χ0v) is 10.9. The third kappa shape index (κ3) is 3.25. The number of nitrogens with two attached hydrogens (primary N) is 1. The van der Waals surface area contributed by atoms with Crippen molar-refractivity contribution in [1.29, 1.82) is 0 Å². The molecule has 3 N–H and O–H groups in total. The number of para-hydroxylation sites is 2. The minimum absolute atomic E-state index is 0.135. The van der Waals surface area contributed by atoms with E-state index in [1.165, 1.54) is 6.92 Å². The Balaban J connectivity index is 2.27. The number of hydrogen-bond donors (Lipinski definition) is 2. The number of carbonyl (C=O) groups excluding carboxylic acids is 1. The molecule has 0 aliphatic rings. The van der Waals surface area contributed by atoms with Crippen LogP contribution in [0.3, 0.4) is 0 Å². The molecule has 4 heteroatoms. The molecule has 0 saturated heterocycles. The molecule has 0 unspecified atom stereocenters. The molecule has 0 spiro atoms. The Hall–Kier alpha value is -2.49. The molecular weight excluding hydrogens is 240 g/mol. The zero-order chi connectivity index (χ0) is 13.8. The molecule has 0 saturated carbocycles. The summed E-state index contributed by atoms with van der Waals surface area (Å²) in [7, 11) is 0. The zero-order valence-electron chi connectivity index (χ0n) is 10.9. The summed E-state index contributed by atoms with van der Waals surface area (Å²) in [5, 5.41) is 2.73. The number of hydrogen-bond acceptors (Lipinski definition) is 3. The number of anilines is 2. The fraction of sp³-hybridized carbons (Fsp3) is 0.133. The van der Waals surface area contributed by atoms with Gasteiger partial charge in [-0.2, -0.15) is 0 Å². The van der Waals surface area contributed by atoms with Crippen LogP contribution >= 0.6 is 0 Å². The monoisotopic (exact) mass is 256 g/mol. The van der Waals surface area contributed by atoms with Gasteiger partial charge in [0.2, 0.25) is 5.91 Å². The van der Waals surface area contributed by atoms with Gasteiger partial charge in [-0.05, 0) is 42.8 Å². The van der Waals surface area contributed by atoms with E-state index in [9.17, 15) is 4.79 Å². The molecule has 0 heterocycles. The highest BCUT2D eigenvalue weighted by Gasteiger charge is 2.06. The van der Waals surface area contributed by atoms with Crippen molar-refractivity contribution in [1.82, 2.24) is 0 Å². The first kappa shape index (κ1) is 13.0. The van der Waals surface area contributed by atoms with Gasteiger partial charge in [0.05, 0.1) is 5.69 Å². The molecule has 0 aliphatic heterocycles. The van der Waals surface area contributed by atoms with E-state index < -0.39 is 0 Å². The molecule has 2 aromatic carbocycles. The molecule has 4 nitrogen and oxygen atoms in total. The van der Waals surface area contributed by atoms with Crippen LogP contribution in [0.4, 0.5) is 11.4 Å². The Bertz CT molecular complexity index is 609. The summed E-state index contributed by atoms with van der Waals surface area (Å²) < 4.78 is 5.78. The summed E-state index contributed by atoms with van der Waals surface area (Å²) in [6.07, 6.45) is 0. The maximum atomic E-state index is 11.1. The van der Waals surface area contributed by atoms with Crippen molar-refractivity contribution >= 4 is 17.3 Å². The summed E-state index contributed by atoms with van der Waals surface area (Å²) in [5.41, 5.74) is 8.09. The van der Waals surface area contributed by atoms with Crippen LogP contribution in [0.15, 0.2) is 42.5 Å². The van der Waals surface area contributed by atoms with Crippen LogP contribution in [0.5, 0.6) is 11.5 Å². The largest absolute Gasteiger partial charge is 0.455 e. The Labute approximate surface area is 112 Å². The lowest BCUT2D eigenvalue weighted by molar-refractivity contribution is -0.114. The van der Waals surface area contributed by atoms with Gasteiger partial charge < -0.3 is 15.8 Å². The Morgan fingerprint density at radius 2 is 1.95 bits per heavy atom. The van der Waals surface area contributed by atoms with Crippen molar-refractivity contribution in [2.45, 2.75) is 13.8 Å². The van der Waals surface area contributed by atoms with Crippen molar-refractivity contribution in [2.24, 2.45) is 0 Å². The molecule has 2 rings (SSSR count). The number of carbonyl (C=O) groups is 1. The van der Waals surface area contributed by atoms with E-state index >= 15 is 0 Å². The second-order valence-corrected chi connectivity index (χ2v) is 4.30. The van der Waals surface area contributed by atoms with Crippen LogP contribution in [-0.2, 0) is 4.79 Å². The van der Waals surface area contributed by atoms with Crippen LogP contribution in [0.2, 0.25) is 0 Å². The van der Waals surface area contributed by atoms with Crippen LogP contribution in [-0.4, -0.2) is 5.91 Å². The summed E-state index contributed by atoms with van der Waals surface area (Å²) in [6.45, 7) is 3.38. The average Bonchev–Trinajstić information content (AvgIpc) is 2.36. The van der Waals surface area contributed by atoms with Gasteiger partial charge in [-0.25, -0.2) is 0 Å². The van der Waals surface area contributed by atoms with E-state index in [-0.39, 0.29) is 5.91 Å². The maximum Gasteiger partial charge on any atom is 0.221 e. The van der Waals surface area contributed by atoms with Gasteiger partial charge in [0.15, 0.2) is 5.75 Å². The van der Waals surface area contributed by atoms with Gasteiger partial charge in [-0.15, -0.1) is 0 Å². The van der Waals surface area contributed by atoms with E-state index in [1.807, 2.05) is 25.1 Å². The van der Waals surface area contributed by atoms with Crippen LogP contribution in [0.1, 0.15) is 12.5 Å². The number of amides is 1. The Kier molecular flexibility index (Phi) is 3.71. The van der Waals surface area contributed by atoms with Gasteiger partial charge in [0.25, 0.3) is 0 Å². The lowest BCUT2D eigenvalue weighted by atomic mass is 10.2. The molecule has 0 radical (unpaired) electrons. The third-order valence-electron chi connectivity index (χ3n) is 2.67. The van der Waals surface area contributed by atoms with Crippen molar-refractivity contribution < 1.29 is 9.53 Å². The predicted octanol–water partition coefficient (Wildman–Crippen LogP) is 3.33. The number of benzene rings is 2. The number of nitrogens with one attached hydrogen (secondary N) is 1. The molecule has 98 valence electrons. The number of rotatable bonds is 3. The van der Waals surface area contributed by atoms with Crippen molar-refractivity contribution in [3.05, 3.63) is 48.0 Å². The normalized spacial score (nSPS) is 10.0. The fourth-order valence-corrected chi connectivity index (χ4v) is 1.69. The Morgan fingerprint density at radius 3 is 2.63 bits per heavy atom. The quantitative estimate of drug-likeness (QED) is 0.828. The van der Waals surface area contributed by atoms with Gasteiger partial charge in [0, 0.05) is 12.6 Å². The van der Waals surface area contributed by atoms with E-state index in [0.717, 1.165) is 11.3 Å². The average molecular weight is 256 g/mol. The summed E-state index contributed by atoms with van der Waals surface area (Å²) in [6, 6.07) is 12.7. The van der Waals surface area contributed by atoms with Crippen LogP contribution in [0, 0.1) is 6.92 Å². The summed E-state index contributed by atoms with van der Waals surface area (Å²) in [4.78, 5) is 11.1. The van der Waals surface area contributed by atoms with Gasteiger partial charge in [0.1, 0.15) is 5.75 Å². The van der Waals surface area contributed by atoms with E-state index in [1.54, 1.807) is 24.3 Å². The van der Waals surface area contributed by atoms with E-state index in [4.69, 9.17) is 10.5 Å². The molecule has 19 heavy (non-hydrogen) atoms. The topological polar surface area (TPSA) is 64.3 Å². The van der Waals surface area contributed by atoms with Crippen molar-refractivity contribution in [2.75, 3.05) is 11.1 Å². The van der Waals surface area contributed by atoms with Gasteiger partial charge >= 0.3 is 0 Å². The second kappa shape index (κ2) is 5.44. The fourth-order valence-electron chi connectivity index (χ4n) is 1.69. The predicted molar refractivity (Wildman–Crippen MR) is 76.4 cm³/mol. The van der Waals surface area contributed by atoms with Gasteiger partial charge in [-0.1, -0.05) is 12.1 Å². The van der Waals surface area contributed by atoms with Crippen LogP contribution in [0.25, 0.3) is 0 Å². The first-order chi connectivity index (χ1) is 9.06. The lowest BCUT2D eigenvalue weighted by Gasteiger charge is -2.12. The van der Waals surface area contributed by atoms with Crippen molar-refractivity contribution in [3.8, 4) is 11.5 Å². The maximum absolute atomic E-state index is 11.1. The number of nitrogen functional groups attached to an aromatic ring is 1. The smallest absolute Gasteiger partial charge is 0.221 e. The highest BCUT2D eigenvalue weighted by atomic mass is 16.5. The molecule has 2 aromatic rings. The number of aryl methyl sites for hydroxylation is 1. The summed E-state index contributed by atoms with van der Waals surface area (Å²) in [5.74, 6) is 1.15. The standard InChI is InChI=1S/C15H16N2O2/c1-10-9-12(7-8-13(10)16)19-15-6-4-3-5-14(15)17-11(2)18/h3-9H,16H2,1-2H3,(H,17,18). The first-order valence-corrected chi connectivity index (χ1v) is 5.97. The molecule has 0 aliphatic carbocycles. The van der Waals surface area contributed by atoms with Crippen molar-refractivity contribution in [3.63, 3.8) is 0 Å². The molecular formula is C15H16N2O2. The highest BCUT2D eigenvalue weighted by Crippen LogP contribution is 2.30. The molecule has 0 atom stereocenters. The molecule has 0 bridgehead atoms. The highest BCUT2D eigenvalue weighted by molar-refractivity contribution is 5.90. The molecule has 0 fully saturated rings. The minimum atomic E-state index is -0.135. The Morgan fingerprint density at radius 1 is 1.21 bits per heavy atom. The van der Waals surface area contributed by atoms with E-state index in [0.29, 0.717) is 17.2 Å². The molecule has 0 aromatic heterocycles. The van der Waals surface area contributed by atoms with E-state index in [2.05, 4.69) is 5.32 Å². The first-order valence-electron chi connectivity index (χ1n) is 5.97. The number of ether oxygens (including phenoxy) is 1.